The van der Waals surface area contributed by atoms with Gasteiger partial charge in [0, 0.05) is 23.0 Å². The first-order valence-corrected chi connectivity index (χ1v) is 13.5. The van der Waals surface area contributed by atoms with Crippen LogP contribution in [0.2, 0.25) is 0 Å². The van der Waals surface area contributed by atoms with E-state index >= 15 is 0 Å². The minimum Gasteiger partial charge on any atom is -0.334 e. The lowest BCUT2D eigenvalue weighted by Crippen LogP contribution is -2.45. The summed E-state index contributed by atoms with van der Waals surface area (Å²) in [6.45, 7) is 3.96. The normalized spacial score (nSPS) is 20.0. The zero-order valence-corrected chi connectivity index (χ0v) is 19.7. The van der Waals surface area contributed by atoms with E-state index in [1.807, 2.05) is 31.4 Å². The fraction of sp³-hybridized carbons (Fsp3) is 0.435. The van der Waals surface area contributed by atoms with Gasteiger partial charge in [-0.2, -0.15) is 0 Å². The molecular formula is C23H25N3O4S2. The second-order valence-corrected chi connectivity index (χ2v) is 12.0. The van der Waals surface area contributed by atoms with Crippen LogP contribution in [0.15, 0.2) is 34.7 Å². The number of sulfone groups is 1. The van der Waals surface area contributed by atoms with Crippen LogP contribution in [0.5, 0.6) is 0 Å². The van der Waals surface area contributed by atoms with E-state index in [-0.39, 0.29) is 41.6 Å². The molecule has 1 aromatic carbocycles. The van der Waals surface area contributed by atoms with Crippen LogP contribution < -0.4 is 5.56 Å². The quantitative estimate of drug-likeness (QED) is 0.571. The fourth-order valence-electron chi connectivity index (χ4n) is 4.48. The number of benzene rings is 1. The third kappa shape index (κ3) is 3.88. The average Bonchev–Trinajstić information content (AvgIpc) is 3.36. The van der Waals surface area contributed by atoms with Crippen LogP contribution in [0.4, 0.5) is 0 Å². The molecule has 32 heavy (non-hydrogen) atoms. The van der Waals surface area contributed by atoms with E-state index in [0.29, 0.717) is 16.6 Å². The van der Waals surface area contributed by atoms with E-state index in [1.165, 1.54) is 27.8 Å². The van der Waals surface area contributed by atoms with Crippen molar-refractivity contribution in [3.63, 3.8) is 0 Å². The van der Waals surface area contributed by atoms with Gasteiger partial charge in [-0.1, -0.05) is 18.2 Å². The largest absolute Gasteiger partial charge is 0.334 e. The molecule has 1 aliphatic heterocycles. The van der Waals surface area contributed by atoms with E-state index in [9.17, 15) is 18.0 Å². The summed E-state index contributed by atoms with van der Waals surface area (Å²) >= 11 is 1.42. The molecule has 2 aromatic heterocycles. The van der Waals surface area contributed by atoms with E-state index in [1.54, 1.807) is 4.90 Å². The molecule has 0 bridgehead atoms. The Hall–Kier alpha value is -2.52. The molecular weight excluding hydrogens is 446 g/mol. The Balaban J connectivity index is 1.48. The minimum absolute atomic E-state index is 0.0167. The molecule has 7 nitrogen and oxygen atoms in total. The number of amides is 1. The van der Waals surface area contributed by atoms with Gasteiger partial charge < -0.3 is 4.90 Å². The van der Waals surface area contributed by atoms with Gasteiger partial charge in [0.2, 0.25) is 5.91 Å². The first-order chi connectivity index (χ1) is 15.2. The van der Waals surface area contributed by atoms with E-state index in [2.05, 4.69) is 11.1 Å². The molecule has 3 aromatic rings. The van der Waals surface area contributed by atoms with Gasteiger partial charge in [-0.3, -0.25) is 14.2 Å². The van der Waals surface area contributed by atoms with Crippen molar-refractivity contribution in [1.29, 1.82) is 0 Å². The summed E-state index contributed by atoms with van der Waals surface area (Å²) in [5, 5.41) is 2.46. The minimum atomic E-state index is -3.10. The number of thiophene rings is 1. The highest BCUT2D eigenvalue weighted by atomic mass is 32.2. The molecule has 2 aliphatic rings. The zero-order chi connectivity index (χ0) is 22.6. The monoisotopic (exact) mass is 471 g/mol. The Labute approximate surface area is 190 Å². The molecule has 3 heterocycles. The van der Waals surface area contributed by atoms with Crippen molar-refractivity contribution in [3.8, 4) is 11.1 Å². The molecule has 1 saturated carbocycles. The lowest BCUT2D eigenvalue weighted by molar-refractivity contribution is -0.134. The summed E-state index contributed by atoms with van der Waals surface area (Å²) in [6, 6.07) is 5.89. The Kier molecular flexibility index (Phi) is 5.21. The Morgan fingerprint density at radius 2 is 1.97 bits per heavy atom. The van der Waals surface area contributed by atoms with Gasteiger partial charge in [-0.05, 0) is 49.8 Å². The summed E-state index contributed by atoms with van der Waals surface area (Å²) < 4.78 is 25.3. The predicted molar refractivity (Wildman–Crippen MR) is 126 cm³/mol. The van der Waals surface area contributed by atoms with Crippen LogP contribution in [0.1, 0.15) is 30.4 Å². The highest BCUT2D eigenvalue weighted by molar-refractivity contribution is 7.91. The van der Waals surface area contributed by atoms with Crippen LogP contribution in [0.3, 0.4) is 0 Å². The molecule has 168 valence electrons. The van der Waals surface area contributed by atoms with E-state index in [0.717, 1.165) is 29.5 Å². The standard InChI is InChI=1S/C23H25N3O4S2/c1-14-3-4-16(9-15(14)2)19-11-31-22-21(19)23(28)25(13-24-22)10-20(27)26(17-5-6-17)18-7-8-32(29,30)12-18/h3-4,9,11,13,17-18H,5-8,10,12H2,1-2H3/t18-/m0/s1. The van der Waals surface area contributed by atoms with Gasteiger partial charge in [0.05, 0.1) is 23.2 Å². The number of rotatable bonds is 5. The van der Waals surface area contributed by atoms with Gasteiger partial charge >= 0.3 is 0 Å². The lowest BCUT2D eigenvalue weighted by atomic mass is 10.0. The van der Waals surface area contributed by atoms with Crippen molar-refractivity contribution in [1.82, 2.24) is 14.5 Å². The van der Waals surface area contributed by atoms with Crippen LogP contribution in [-0.2, 0) is 21.2 Å². The van der Waals surface area contributed by atoms with Gasteiger partial charge in [0.15, 0.2) is 9.84 Å². The number of carbonyl (C=O) groups is 1. The Morgan fingerprint density at radius 3 is 2.62 bits per heavy atom. The number of fused-ring (bicyclic) bond motifs is 1. The van der Waals surface area contributed by atoms with E-state index in [4.69, 9.17) is 0 Å². The lowest BCUT2D eigenvalue weighted by Gasteiger charge is -2.28. The highest BCUT2D eigenvalue weighted by Crippen LogP contribution is 2.33. The fourth-order valence-corrected chi connectivity index (χ4v) is 7.10. The molecule has 0 radical (unpaired) electrons. The summed E-state index contributed by atoms with van der Waals surface area (Å²) in [4.78, 5) is 33.4. The zero-order valence-electron chi connectivity index (χ0n) is 18.1. The number of hydrogen-bond donors (Lipinski definition) is 0. The van der Waals surface area contributed by atoms with Gasteiger partial charge in [-0.15, -0.1) is 11.3 Å². The van der Waals surface area contributed by atoms with Gasteiger partial charge in [-0.25, -0.2) is 13.4 Å². The molecule has 5 rings (SSSR count). The smallest absolute Gasteiger partial charge is 0.263 e. The Bertz CT molecular complexity index is 1390. The third-order valence-corrected chi connectivity index (χ3v) is 9.15. The number of carbonyl (C=O) groups excluding carboxylic acids is 1. The highest BCUT2D eigenvalue weighted by Gasteiger charge is 2.42. The first-order valence-electron chi connectivity index (χ1n) is 10.8. The first kappa shape index (κ1) is 21.3. The number of nitrogens with zero attached hydrogens (tertiary/aromatic N) is 3. The van der Waals surface area contributed by atoms with Crippen LogP contribution in [0.25, 0.3) is 21.3 Å². The predicted octanol–water partition coefficient (Wildman–Crippen LogP) is 2.92. The van der Waals surface area contributed by atoms with Crippen molar-refractivity contribution < 1.29 is 13.2 Å². The van der Waals surface area contributed by atoms with Crippen molar-refractivity contribution in [2.45, 2.75) is 51.7 Å². The maximum absolute atomic E-state index is 13.4. The molecule has 2 fully saturated rings. The third-order valence-electron chi connectivity index (χ3n) is 6.51. The van der Waals surface area contributed by atoms with Crippen LogP contribution in [0, 0.1) is 13.8 Å². The summed E-state index contributed by atoms with van der Waals surface area (Å²) in [7, 11) is -3.10. The maximum Gasteiger partial charge on any atom is 0.263 e. The van der Waals surface area contributed by atoms with Crippen molar-refractivity contribution >= 4 is 37.3 Å². The number of hydrogen-bond acceptors (Lipinski definition) is 6. The summed E-state index contributed by atoms with van der Waals surface area (Å²) in [5.41, 5.74) is 3.87. The van der Waals surface area contributed by atoms with Crippen molar-refractivity contribution in [3.05, 3.63) is 51.4 Å². The summed E-state index contributed by atoms with van der Waals surface area (Å²) in [6.07, 6.45) is 3.67. The van der Waals surface area contributed by atoms with Crippen LogP contribution in [-0.4, -0.2) is 52.4 Å². The van der Waals surface area contributed by atoms with Gasteiger partial charge in [0.25, 0.3) is 5.56 Å². The molecule has 1 saturated heterocycles. The average molecular weight is 472 g/mol. The van der Waals surface area contributed by atoms with Crippen LogP contribution >= 0.6 is 11.3 Å². The molecule has 1 aliphatic carbocycles. The molecule has 9 heteroatoms. The Morgan fingerprint density at radius 1 is 1.19 bits per heavy atom. The molecule has 0 N–H and O–H groups in total. The number of aromatic nitrogens is 2. The van der Waals surface area contributed by atoms with Crippen molar-refractivity contribution in [2.75, 3.05) is 11.5 Å². The molecule has 1 atom stereocenters. The topological polar surface area (TPSA) is 89.3 Å². The summed E-state index contributed by atoms with van der Waals surface area (Å²) in [5.74, 6) is -0.0699. The van der Waals surface area contributed by atoms with Crippen molar-refractivity contribution in [2.24, 2.45) is 0 Å². The molecule has 0 unspecified atom stereocenters. The second-order valence-electron chi connectivity index (χ2n) is 8.90. The SMILES string of the molecule is Cc1ccc(-c2csc3ncn(CC(=O)N(C4CC4)[C@H]4CCS(=O)(=O)C4)c(=O)c23)cc1C. The van der Waals surface area contributed by atoms with Gasteiger partial charge in [0.1, 0.15) is 11.4 Å². The maximum atomic E-state index is 13.4. The molecule has 0 spiro atoms. The second kappa shape index (κ2) is 7.81. The molecule has 1 amide bonds. The van der Waals surface area contributed by atoms with E-state index < -0.39 is 9.84 Å². The number of aryl methyl sites for hydroxylation is 2.